The van der Waals surface area contributed by atoms with Gasteiger partial charge in [0, 0.05) is 0 Å². The molecule has 4 N–H and O–H groups in total. The summed E-state index contributed by atoms with van der Waals surface area (Å²) >= 11 is 0. The lowest BCUT2D eigenvalue weighted by Crippen LogP contribution is -2.45. The van der Waals surface area contributed by atoms with Crippen molar-refractivity contribution in [2.75, 3.05) is 6.61 Å². The van der Waals surface area contributed by atoms with Crippen LogP contribution in [-0.4, -0.2) is 46.1 Å². The minimum atomic E-state index is -0.960. The molecule has 0 heterocycles. The second kappa shape index (κ2) is 51.7. The van der Waals surface area contributed by atoms with Gasteiger partial charge in [0.25, 0.3) is 0 Å². The van der Waals surface area contributed by atoms with Crippen LogP contribution in [0.2, 0.25) is 0 Å². The number of carbonyl (C=O) groups is 1. The van der Waals surface area contributed by atoms with Crippen LogP contribution in [0.5, 0.6) is 0 Å². The predicted octanol–water partition coefficient (Wildman–Crippen LogP) is 16.6. The summed E-state index contributed by atoms with van der Waals surface area (Å²) in [6, 6.07) is -0.768. The number of hydrogen-bond acceptors (Lipinski definition) is 4. The molecule has 62 heavy (non-hydrogen) atoms. The van der Waals surface area contributed by atoms with Crippen molar-refractivity contribution in [3.63, 3.8) is 0 Å². The van der Waals surface area contributed by atoms with E-state index in [1.807, 2.05) is 6.08 Å². The third kappa shape index (κ3) is 47.5. The number of carbonyl (C=O) groups excluding carboxylic acids is 1. The number of amides is 1. The van der Waals surface area contributed by atoms with E-state index in [1.165, 1.54) is 199 Å². The molecule has 362 valence electrons. The average Bonchev–Trinajstić information content (AvgIpc) is 3.27. The van der Waals surface area contributed by atoms with E-state index in [-0.39, 0.29) is 18.9 Å². The molecule has 0 rings (SSSR count). The highest BCUT2D eigenvalue weighted by atomic mass is 16.3. The zero-order chi connectivity index (χ0) is 45.1. The summed E-state index contributed by atoms with van der Waals surface area (Å²) in [5, 5.41) is 33.2. The fourth-order valence-electron chi connectivity index (χ4n) is 8.10. The van der Waals surface area contributed by atoms with Crippen LogP contribution in [0.4, 0.5) is 0 Å². The first-order valence-electron chi connectivity index (χ1n) is 27.1. The van der Waals surface area contributed by atoms with E-state index in [1.54, 1.807) is 6.08 Å². The molecule has 0 aromatic carbocycles. The normalized spacial score (nSPS) is 13.8. The molecule has 0 aliphatic carbocycles. The van der Waals surface area contributed by atoms with Crippen molar-refractivity contribution in [2.24, 2.45) is 0 Å². The SMILES string of the molecule is CCCC/C=C/CC/C=C/CC/C=C/C(O)C(CO)NC(=O)CC(O)CCCCCCCCCCCCCCCCC/C=C\C/C=C\CCCCCCCCCCCCCCC. The molecule has 0 bridgehead atoms. The van der Waals surface area contributed by atoms with E-state index in [9.17, 15) is 20.1 Å². The lowest BCUT2D eigenvalue weighted by molar-refractivity contribution is -0.124. The van der Waals surface area contributed by atoms with Gasteiger partial charge in [-0.05, 0) is 70.6 Å². The van der Waals surface area contributed by atoms with Gasteiger partial charge in [-0.1, -0.05) is 254 Å². The summed E-state index contributed by atoms with van der Waals surface area (Å²) in [4.78, 5) is 12.5. The first-order chi connectivity index (χ1) is 30.5. The molecular weight excluding hydrogens is 763 g/mol. The van der Waals surface area contributed by atoms with E-state index in [4.69, 9.17) is 0 Å². The number of rotatable bonds is 49. The molecule has 3 unspecified atom stereocenters. The Morgan fingerprint density at radius 1 is 0.419 bits per heavy atom. The maximum atomic E-state index is 12.5. The summed E-state index contributed by atoms with van der Waals surface area (Å²) in [5.74, 6) is -0.331. The zero-order valence-corrected chi connectivity index (χ0v) is 41.2. The lowest BCUT2D eigenvalue weighted by atomic mass is 10.0. The minimum absolute atomic E-state index is 0.000952. The summed E-state index contributed by atoms with van der Waals surface area (Å²) < 4.78 is 0. The standard InChI is InChI=1S/C57H105NO4/c1-3-5-7-9-11-13-15-17-18-19-20-21-22-23-24-25-26-27-28-29-30-31-32-33-34-35-36-37-38-39-40-42-44-46-48-50-54(60)52-57(62)58-55(53-59)56(61)51-49-47-45-43-41-16-14-12-10-8-6-4-2/h10,12,24-25,27-28,41,43,49,51,54-56,59-61H,3-9,11,13-23,26,29-40,42,44-48,50,52-53H2,1-2H3,(H,58,62)/b12-10+,25-24-,28-27-,43-41+,51-49+. The molecule has 0 radical (unpaired) electrons. The maximum Gasteiger partial charge on any atom is 0.222 e. The van der Waals surface area contributed by atoms with Gasteiger partial charge in [-0.25, -0.2) is 0 Å². The fraction of sp³-hybridized carbons (Fsp3) is 0.807. The number of aliphatic hydroxyl groups is 3. The highest BCUT2D eigenvalue weighted by Gasteiger charge is 2.20. The van der Waals surface area contributed by atoms with Crippen LogP contribution in [0.3, 0.4) is 0 Å². The molecule has 0 fully saturated rings. The van der Waals surface area contributed by atoms with Gasteiger partial charge in [0.1, 0.15) is 0 Å². The summed E-state index contributed by atoms with van der Waals surface area (Å²) in [7, 11) is 0. The van der Waals surface area contributed by atoms with E-state index in [0.717, 1.165) is 44.9 Å². The second-order valence-electron chi connectivity index (χ2n) is 18.5. The molecule has 0 saturated heterocycles. The van der Waals surface area contributed by atoms with Crippen LogP contribution in [-0.2, 0) is 4.79 Å². The Balaban J connectivity index is 3.52. The monoisotopic (exact) mass is 868 g/mol. The summed E-state index contributed by atoms with van der Waals surface area (Å²) in [6.45, 7) is 4.16. The largest absolute Gasteiger partial charge is 0.394 e. The van der Waals surface area contributed by atoms with Gasteiger partial charge < -0.3 is 20.6 Å². The first-order valence-corrected chi connectivity index (χ1v) is 27.1. The molecule has 0 aromatic rings. The van der Waals surface area contributed by atoms with Crippen molar-refractivity contribution < 1.29 is 20.1 Å². The van der Waals surface area contributed by atoms with Crippen LogP contribution in [0.15, 0.2) is 60.8 Å². The van der Waals surface area contributed by atoms with Crippen LogP contribution in [0.25, 0.3) is 0 Å². The maximum absolute atomic E-state index is 12.5. The Morgan fingerprint density at radius 3 is 1.18 bits per heavy atom. The van der Waals surface area contributed by atoms with Gasteiger partial charge in [0.15, 0.2) is 0 Å². The highest BCUT2D eigenvalue weighted by molar-refractivity contribution is 5.76. The van der Waals surface area contributed by atoms with Crippen LogP contribution < -0.4 is 5.32 Å². The minimum Gasteiger partial charge on any atom is -0.394 e. The van der Waals surface area contributed by atoms with Crippen LogP contribution >= 0.6 is 0 Å². The number of unbranched alkanes of at least 4 members (excludes halogenated alkanes) is 32. The van der Waals surface area contributed by atoms with Crippen molar-refractivity contribution in [1.82, 2.24) is 5.32 Å². The average molecular weight is 868 g/mol. The van der Waals surface area contributed by atoms with Crippen LogP contribution in [0.1, 0.15) is 271 Å². The van der Waals surface area contributed by atoms with Gasteiger partial charge in [0.05, 0.1) is 31.3 Å². The number of nitrogens with one attached hydrogen (secondary N) is 1. The summed E-state index contributed by atoms with van der Waals surface area (Å²) in [6.07, 6.45) is 69.9. The van der Waals surface area contributed by atoms with Crippen molar-refractivity contribution in [2.45, 2.75) is 289 Å². The van der Waals surface area contributed by atoms with Gasteiger partial charge in [-0.15, -0.1) is 0 Å². The van der Waals surface area contributed by atoms with E-state index >= 15 is 0 Å². The van der Waals surface area contributed by atoms with Gasteiger partial charge in [0.2, 0.25) is 5.91 Å². The molecule has 0 aliphatic heterocycles. The smallest absolute Gasteiger partial charge is 0.222 e. The quantitative estimate of drug-likeness (QED) is 0.0362. The van der Waals surface area contributed by atoms with Crippen molar-refractivity contribution in [3.05, 3.63) is 60.8 Å². The molecule has 3 atom stereocenters. The third-order valence-electron chi connectivity index (χ3n) is 12.3. The number of aliphatic hydroxyl groups excluding tert-OH is 3. The topological polar surface area (TPSA) is 89.8 Å². The molecule has 5 nitrogen and oxygen atoms in total. The van der Waals surface area contributed by atoms with Gasteiger partial charge in [-0.2, -0.15) is 0 Å². The third-order valence-corrected chi connectivity index (χ3v) is 12.3. The second-order valence-corrected chi connectivity index (χ2v) is 18.5. The first kappa shape index (κ1) is 60.1. The Morgan fingerprint density at radius 2 is 0.758 bits per heavy atom. The Labute approximate surface area is 386 Å². The van der Waals surface area contributed by atoms with E-state index in [2.05, 4.69) is 67.8 Å². The molecule has 0 saturated carbocycles. The molecule has 1 amide bonds. The fourth-order valence-corrected chi connectivity index (χ4v) is 8.10. The lowest BCUT2D eigenvalue weighted by Gasteiger charge is -2.21. The molecule has 0 aliphatic rings. The van der Waals surface area contributed by atoms with Gasteiger partial charge in [-0.3, -0.25) is 4.79 Å². The van der Waals surface area contributed by atoms with Crippen molar-refractivity contribution in [1.29, 1.82) is 0 Å². The van der Waals surface area contributed by atoms with Gasteiger partial charge >= 0.3 is 0 Å². The molecule has 0 spiro atoms. The van der Waals surface area contributed by atoms with Crippen molar-refractivity contribution in [3.8, 4) is 0 Å². The predicted molar refractivity (Wildman–Crippen MR) is 273 cm³/mol. The van der Waals surface area contributed by atoms with E-state index < -0.39 is 18.2 Å². The number of allylic oxidation sites excluding steroid dienone is 9. The Kier molecular flexibility index (Phi) is 50.1. The zero-order valence-electron chi connectivity index (χ0n) is 41.2. The Hall–Kier alpha value is -1.95. The van der Waals surface area contributed by atoms with Crippen LogP contribution in [0, 0.1) is 0 Å². The summed E-state index contributed by atoms with van der Waals surface area (Å²) in [5.41, 5.74) is 0. The molecular formula is C57H105NO4. The Bertz CT molecular complexity index is 1050. The van der Waals surface area contributed by atoms with Crippen molar-refractivity contribution >= 4 is 5.91 Å². The van der Waals surface area contributed by atoms with E-state index in [0.29, 0.717) is 6.42 Å². The number of hydrogen-bond donors (Lipinski definition) is 4. The molecule has 0 aromatic heterocycles. The molecule has 5 heteroatoms. The highest BCUT2D eigenvalue weighted by Crippen LogP contribution is 2.16.